The molecule has 3 aliphatic heterocycles. The van der Waals surface area contributed by atoms with E-state index in [1.165, 1.54) is 12.1 Å². The maximum atomic E-state index is 13.1. The summed E-state index contributed by atoms with van der Waals surface area (Å²) in [5.41, 5.74) is 1.19. The molecule has 4 heterocycles. The van der Waals surface area contributed by atoms with Crippen molar-refractivity contribution in [3.8, 4) is 17.6 Å². The molecule has 4 aliphatic rings. The third-order valence-corrected chi connectivity index (χ3v) is 10.3. The number of nitriles is 1. The summed E-state index contributed by atoms with van der Waals surface area (Å²) in [7, 11) is 0. The number of imide groups is 2. The molecule has 1 atom stereocenters. The largest absolute Gasteiger partial charge is 0.492 e. The quantitative estimate of drug-likeness (QED) is 0.290. The second-order valence-electron chi connectivity index (χ2n) is 13.4. The molecule has 3 aromatic rings. The van der Waals surface area contributed by atoms with Crippen LogP contribution < -0.4 is 25.0 Å². The molecule has 0 radical (unpaired) electrons. The van der Waals surface area contributed by atoms with E-state index in [1.807, 2.05) is 6.07 Å². The first-order chi connectivity index (χ1) is 25.7. The molecule has 1 aromatic heterocycles. The third-order valence-electron chi connectivity index (χ3n) is 10.0. The van der Waals surface area contributed by atoms with E-state index in [9.17, 15) is 24.0 Å². The number of rotatable bonds is 10. The number of piperazine rings is 1. The number of nitrogens with zero attached hydrogens (tertiary/aromatic N) is 6. The predicted molar refractivity (Wildman–Crippen MR) is 190 cm³/mol. The minimum atomic E-state index is -1.02. The Kier molecular flexibility index (Phi) is 10.5. The third kappa shape index (κ3) is 7.93. The van der Waals surface area contributed by atoms with E-state index in [-0.39, 0.29) is 42.0 Å². The Morgan fingerprint density at radius 1 is 0.925 bits per heavy atom. The van der Waals surface area contributed by atoms with Gasteiger partial charge in [-0.05, 0) is 62.4 Å². The summed E-state index contributed by atoms with van der Waals surface area (Å²) in [4.78, 5) is 77.0. The van der Waals surface area contributed by atoms with Crippen LogP contribution in [0.15, 0.2) is 48.8 Å². The number of piperidine rings is 1. The van der Waals surface area contributed by atoms with E-state index in [0.29, 0.717) is 59.8 Å². The zero-order valence-corrected chi connectivity index (χ0v) is 29.5. The molecule has 274 valence electrons. The molecular weight excluding hydrogens is 704 g/mol. The van der Waals surface area contributed by atoms with Crippen molar-refractivity contribution in [1.29, 1.82) is 5.26 Å². The zero-order valence-electron chi connectivity index (χ0n) is 28.8. The molecule has 53 heavy (non-hydrogen) atoms. The number of carbonyl (C=O) groups is 5. The van der Waals surface area contributed by atoms with Gasteiger partial charge in [0.05, 0.1) is 33.4 Å². The van der Waals surface area contributed by atoms with Gasteiger partial charge in [0.2, 0.25) is 17.8 Å². The highest BCUT2D eigenvalue weighted by atomic mass is 35.5. The summed E-state index contributed by atoms with van der Waals surface area (Å²) < 4.78 is 12.0. The molecule has 1 saturated carbocycles. The highest BCUT2D eigenvalue weighted by Gasteiger charge is 2.44. The Balaban J connectivity index is 0.822. The van der Waals surface area contributed by atoms with Crippen LogP contribution in [0.3, 0.4) is 0 Å². The second kappa shape index (κ2) is 15.6. The lowest BCUT2D eigenvalue weighted by Gasteiger charge is -2.34. The number of hydrogen-bond donors (Lipinski definition) is 2. The number of ether oxygens (including phenoxy) is 2. The van der Waals surface area contributed by atoms with Gasteiger partial charge >= 0.3 is 0 Å². The van der Waals surface area contributed by atoms with Gasteiger partial charge in [0.15, 0.2) is 0 Å². The van der Waals surface area contributed by atoms with Crippen LogP contribution in [0.4, 0.5) is 5.95 Å². The molecule has 2 aromatic carbocycles. The van der Waals surface area contributed by atoms with Crippen LogP contribution in [0.25, 0.3) is 0 Å². The molecule has 0 bridgehead atoms. The topological polar surface area (TPSA) is 187 Å². The van der Waals surface area contributed by atoms with Gasteiger partial charge in [-0.15, -0.1) is 0 Å². The van der Waals surface area contributed by atoms with Crippen molar-refractivity contribution in [1.82, 2.24) is 30.4 Å². The Labute approximate surface area is 310 Å². The predicted octanol–water partition coefficient (Wildman–Crippen LogP) is 2.72. The number of fused-ring (bicyclic) bond motifs is 1. The first-order valence-corrected chi connectivity index (χ1v) is 18.0. The molecule has 16 heteroatoms. The second-order valence-corrected chi connectivity index (χ2v) is 13.8. The van der Waals surface area contributed by atoms with Crippen molar-refractivity contribution in [3.05, 3.63) is 76.1 Å². The highest BCUT2D eigenvalue weighted by molar-refractivity contribution is 6.31. The monoisotopic (exact) mass is 740 g/mol. The lowest BCUT2D eigenvalue weighted by Crippen LogP contribution is -2.54. The van der Waals surface area contributed by atoms with Gasteiger partial charge in [0.1, 0.15) is 30.2 Å². The van der Waals surface area contributed by atoms with Crippen molar-refractivity contribution in [2.75, 3.05) is 44.2 Å². The number of carbonyl (C=O) groups excluding carboxylic acids is 5. The minimum absolute atomic E-state index is 0.00844. The van der Waals surface area contributed by atoms with Gasteiger partial charge in [0.25, 0.3) is 17.7 Å². The average molecular weight is 741 g/mol. The number of anilines is 1. The van der Waals surface area contributed by atoms with E-state index in [2.05, 4.69) is 30.4 Å². The molecule has 0 spiro atoms. The summed E-state index contributed by atoms with van der Waals surface area (Å²) in [5.74, 6) is -0.783. The van der Waals surface area contributed by atoms with Gasteiger partial charge in [0, 0.05) is 63.6 Å². The van der Waals surface area contributed by atoms with Gasteiger partial charge in [-0.25, -0.2) is 9.97 Å². The van der Waals surface area contributed by atoms with E-state index in [1.54, 1.807) is 36.7 Å². The SMILES string of the molecule is N#Cc1ccc(O[C@H]2CC[C@H](NC(=O)c3cnc(N4CCN(CCOc5ccc6c(c5)C(=O)N(C5CCC(=O)NC5=O)C6=O)CC4)nc3)CC2)cc1Cl. The first-order valence-electron chi connectivity index (χ1n) is 17.6. The van der Waals surface area contributed by atoms with Crippen LogP contribution in [0.1, 0.15) is 75.2 Å². The Bertz CT molecular complexity index is 1970. The van der Waals surface area contributed by atoms with Crippen LogP contribution in [-0.4, -0.2) is 107 Å². The van der Waals surface area contributed by atoms with Crippen molar-refractivity contribution in [2.24, 2.45) is 0 Å². The summed E-state index contributed by atoms with van der Waals surface area (Å²) in [6.45, 7) is 3.88. The van der Waals surface area contributed by atoms with E-state index in [4.69, 9.17) is 26.3 Å². The van der Waals surface area contributed by atoms with Gasteiger partial charge in [-0.2, -0.15) is 5.26 Å². The van der Waals surface area contributed by atoms with Crippen molar-refractivity contribution in [3.63, 3.8) is 0 Å². The van der Waals surface area contributed by atoms with Crippen molar-refractivity contribution < 1.29 is 33.4 Å². The first kappa shape index (κ1) is 35.8. The molecule has 5 amide bonds. The van der Waals surface area contributed by atoms with Crippen LogP contribution >= 0.6 is 11.6 Å². The summed E-state index contributed by atoms with van der Waals surface area (Å²) in [6.07, 6.45) is 6.38. The summed E-state index contributed by atoms with van der Waals surface area (Å²) in [5, 5.41) is 14.7. The van der Waals surface area contributed by atoms with Crippen LogP contribution in [0.2, 0.25) is 5.02 Å². The van der Waals surface area contributed by atoms with E-state index in [0.717, 1.165) is 43.7 Å². The summed E-state index contributed by atoms with van der Waals surface area (Å²) >= 11 is 6.13. The Morgan fingerprint density at radius 3 is 2.34 bits per heavy atom. The lowest BCUT2D eigenvalue weighted by atomic mass is 9.92. The maximum absolute atomic E-state index is 13.1. The highest BCUT2D eigenvalue weighted by Crippen LogP contribution is 2.31. The fourth-order valence-electron chi connectivity index (χ4n) is 7.05. The number of nitrogens with one attached hydrogen (secondary N) is 2. The molecular formula is C37H37ClN8O7. The van der Waals surface area contributed by atoms with Crippen molar-refractivity contribution >= 4 is 47.1 Å². The smallest absolute Gasteiger partial charge is 0.262 e. The molecule has 7 rings (SSSR count). The Morgan fingerprint density at radius 2 is 1.64 bits per heavy atom. The fourth-order valence-corrected chi connectivity index (χ4v) is 7.26. The molecule has 3 fully saturated rings. The number of benzene rings is 2. The molecule has 2 N–H and O–H groups in total. The lowest BCUT2D eigenvalue weighted by molar-refractivity contribution is -0.136. The average Bonchev–Trinajstić information content (AvgIpc) is 3.41. The van der Waals surface area contributed by atoms with Crippen LogP contribution in [-0.2, 0) is 9.59 Å². The maximum Gasteiger partial charge on any atom is 0.262 e. The van der Waals surface area contributed by atoms with Crippen LogP contribution in [0.5, 0.6) is 11.5 Å². The van der Waals surface area contributed by atoms with E-state index >= 15 is 0 Å². The number of amides is 5. The fraction of sp³-hybridized carbons (Fsp3) is 0.405. The number of aromatic nitrogens is 2. The summed E-state index contributed by atoms with van der Waals surface area (Å²) in [6, 6.07) is 10.8. The Hall–Kier alpha value is -5.59. The van der Waals surface area contributed by atoms with Gasteiger partial charge < -0.3 is 19.7 Å². The molecule has 2 saturated heterocycles. The molecule has 1 aliphatic carbocycles. The standard InChI is InChI=1S/C37H37ClN8O7/c38-30-18-27(4-1-22(30)19-39)53-25-5-2-24(3-6-25)42-33(48)23-20-40-37(41-21-23)45-13-11-44(12-14-45)15-16-52-26-7-8-28-29(17-26)36(51)46(35(28)50)31-9-10-32(47)43-34(31)49/h1,4,7-8,17-18,20-21,24-25,31H,2-3,5-6,9-16H2,(H,42,48)(H,43,47,49)/t24-,25-,31?. The minimum Gasteiger partial charge on any atom is -0.492 e. The van der Waals surface area contributed by atoms with E-state index < -0.39 is 29.7 Å². The zero-order chi connectivity index (χ0) is 37.1. The van der Waals surface area contributed by atoms with Crippen LogP contribution in [0, 0.1) is 11.3 Å². The number of hydrogen-bond acceptors (Lipinski definition) is 12. The van der Waals surface area contributed by atoms with Gasteiger partial charge in [-0.3, -0.25) is 39.1 Å². The molecule has 1 unspecified atom stereocenters. The number of halogens is 1. The van der Waals surface area contributed by atoms with Crippen molar-refractivity contribution in [2.45, 2.75) is 56.7 Å². The van der Waals surface area contributed by atoms with Gasteiger partial charge in [-0.1, -0.05) is 11.6 Å². The molecule has 15 nitrogen and oxygen atoms in total. The normalized spacial score (nSPS) is 21.8.